The maximum atomic E-state index is 11.8. The van der Waals surface area contributed by atoms with E-state index in [0.29, 0.717) is 6.42 Å². The van der Waals surface area contributed by atoms with Crippen molar-refractivity contribution in [2.24, 2.45) is 5.92 Å². The Kier molecular flexibility index (Phi) is 7.74. The number of carbonyl (C=O) groups is 3. The lowest BCUT2D eigenvalue weighted by atomic mass is 9.83. The fourth-order valence-corrected chi connectivity index (χ4v) is 2.34. The molecule has 0 aliphatic rings. The van der Waals surface area contributed by atoms with Crippen molar-refractivity contribution < 1.29 is 23.9 Å². The summed E-state index contributed by atoms with van der Waals surface area (Å²) in [6, 6.07) is 9.17. The molecule has 0 bridgehead atoms. The third-order valence-corrected chi connectivity index (χ3v) is 3.35. The quantitative estimate of drug-likeness (QED) is 0.319. The van der Waals surface area contributed by atoms with Gasteiger partial charge in [0.05, 0.1) is 18.6 Å². The zero-order chi connectivity index (χ0) is 17.2. The van der Waals surface area contributed by atoms with Gasteiger partial charge in [0.15, 0.2) is 0 Å². The number of ether oxygens (including phenoxy) is 2. The normalized spacial score (nSPS) is 13.8. The Hall–Kier alpha value is -2.43. The second kappa shape index (κ2) is 9.56. The number of benzene rings is 1. The standard InChI is InChI=1S/C18H22O5/c1-4-14(12-19)18(15-9-7-6-8-10-15)16(23-13(3)20)11-17(21)22-5-2/h6-12,14,18H,4-5H2,1-3H3/b16-11-/t14-,18-/m1/s1. The minimum Gasteiger partial charge on any atom is -0.463 e. The highest BCUT2D eigenvalue weighted by Gasteiger charge is 2.28. The van der Waals surface area contributed by atoms with E-state index in [4.69, 9.17) is 9.47 Å². The average molecular weight is 318 g/mol. The van der Waals surface area contributed by atoms with E-state index in [1.54, 1.807) is 6.92 Å². The lowest BCUT2D eigenvalue weighted by molar-refractivity contribution is -0.139. The van der Waals surface area contributed by atoms with Crippen molar-refractivity contribution in [1.29, 1.82) is 0 Å². The van der Waals surface area contributed by atoms with Gasteiger partial charge in [0.25, 0.3) is 0 Å². The molecule has 0 heterocycles. The third kappa shape index (κ3) is 5.70. The minimum absolute atomic E-state index is 0.126. The van der Waals surface area contributed by atoms with E-state index in [1.807, 2.05) is 37.3 Å². The Morgan fingerprint density at radius 3 is 2.30 bits per heavy atom. The van der Waals surface area contributed by atoms with Crippen LogP contribution in [0.5, 0.6) is 0 Å². The predicted octanol–water partition coefficient (Wildman–Crippen LogP) is 3.01. The van der Waals surface area contributed by atoms with Gasteiger partial charge in [-0.05, 0) is 18.9 Å². The van der Waals surface area contributed by atoms with Crippen LogP contribution in [0.4, 0.5) is 0 Å². The SMILES string of the molecule is CCOC(=O)/C=C(\OC(C)=O)[C@@H](c1ccccc1)[C@@H](C=O)CC. The first-order valence-corrected chi connectivity index (χ1v) is 7.60. The van der Waals surface area contributed by atoms with Crippen LogP contribution in [0.2, 0.25) is 0 Å². The smallest absolute Gasteiger partial charge is 0.334 e. The Balaban J connectivity index is 3.33. The molecule has 0 fully saturated rings. The molecule has 0 aromatic heterocycles. The second-order valence-corrected chi connectivity index (χ2v) is 4.99. The molecule has 1 rings (SSSR count). The first kappa shape index (κ1) is 18.6. The summed E-state index contributed by atoms with van der Waals surface area (Å²) in [5, 5.41) is 0. The highest BCUT2D eigenvalue weighted by atomic mass is 16.5. The van der Waals surface area contributed by atoms with Gasteiger partial charge in [-0.3, -0.25) is 4.79 Å². The van der Waals surface area contributed by atoms with E-state index in [-0.39, 0.29) is 12.4 Å². The van der Waals surface area contributed by atoms with Crippen LogP contribution in [0.1, 0.15) is 38.7 Å². The molecule has 0 saturated heterocycles. The van der Waals surface area contributed by atoms with Crippen molar-refractivity contribution in [2.45, 2.75) is 33.1 Å². The van der Waals surface area contributed by atoms with Crippen LogP contribution in [0.3, 0.4) is 0 Å². The van der Waals surface area contributed by atoms with Crippen molar-refractivity contribution in [3.8, 4) is 0 Å². The Labute approximate surface area is 136 Å². The van der Waals surface area contributed by atoms with Crippen LogP contribution in [0.25, 0.3) is 0 Å². The topological polar surface area (TPSA) is 69.7 Å². The number of esters is 2. The van der Waals surface area contributed by atoms with Gasteiger partial charge >= 0.3 is 11.9 Å². The van der Waals surface area contributed by atoms with Gasteiger partial charge in [0, 0.05) is 12.8 Å². The van der Waals surface area contributed by atoms with Crippen LogP contribution >= 0.6 is 0 Å². The maximum absolute atomic E-state index is 11.8. The Morgan fingerprint density at radius 1 is 1.17 bits per heavy atom. The molecule has 124 valence electrons. The summed E-state index contributed by atoms with van der Waals surface area (Å²) >= 11 is 0. The van der Waals surface area contributed by atoms with Crippen molar-refractivity contribution >= 4 is 18.2 Å². The highest BCUT2D eigenvalue weighted by molar-refractivity contribution is 5.83. The molecule has 23 heavy (non-hydrogen) atoms. The summed E-state index contributed by atoms with van der Waals surface area (Å²) in [5.74, 6) is -1.97. The van der Waals surface area contributed by atoms with E-state index >= 15 is 0 Å². The highest BCUT2D eigenvalue weighted by Crippen LogP contribution is 2.34. The number of allylic oxidation sites excluding steroid dienone is 1. The maximum Gasteiger partial charge on any atom is 0.334 e. The number of aldehydes is 1. The van der Waals surface area contributed by atoms with Gasteiger partial charge in [-0.15, -0.1) is 0 Å². The first-order valence-electron chi connectivity index (χ1n) is 7.60. The van der Waals surface area contributed by atoms with E-state index < -0.39 is 23.8 Å². The second-order valence-electron chi connectivity index (χ2n) is 4.99. The Bertz CT molecular complexity index is 562. The molecule has 0 unspecified atom stereocenters. The molecular weight excluding hydrogens is 296 g/mol. The predicted molar refractivity (Wildman–Crippen MR) is 85.5 cm³/mol. The summed E-state index contributed by atoms with van der Waals surface area (Å²) in [7, 11) is 0. The van der Waals surface area contributed by atoms with Gasteiger partial charge in [-0.1, -0.05) is 37.3 Å². The fourth-order valence-electron chi connectivity index (χ4n) is 2.34. The number of carbonyl (C=O) groups excluding carboxylic acids is 3. The molecule has 0 aliphatic carbocycles. The molecule has 0 aliphatic heterocycles. The molecule has 2 atom stereocenters. The number of hydrogen-bond donors (Lipinski definition) is 0. The van der Waals surface area contributed by atoms with E-state index in [1.165, 1.54) is 6.92 Å². The van der Waals surface area contributed by atoms with Crippen molar-refractivity contribution in [3.05, 3.63) is 47.7 Å². The zero-order valence-corrected chi connectivity index (χ0v) is 13.7. The minimum atomic E-state index is -0.606. The summed E-state index contributed by atoms with van der Waals surface area (Å²) in [6.07, 6.45) is 2.51. The van der Waals surface area contributed by atoms with Crippen LogP contribution < -0.4 is 0 Å². The average Bonchev–Trinajstić information content (AvgIpc) is 2.52. The molecule has 0 spiro atoms. The zero-order valence-electron chi connectivity index (χ0n) is 13.7. The van der Waals surface area contributed by atoms with Crippen molar-refractivity contribution in [2.75, 3.05) is 6.61 Å². The lowest BCUT2D eigenvalue weighted by Crippen LogP contribution is -2.20. The molecule has 5 heteroatoms. The number of hydrogen-bond acceptors (Lipinski definition) is 5. The van der Waals surface area contributed by atoms with E-state index in [2.05, 4.69) is 0 Å². The first-order chi connectivity index (χ1) is 11.0. The van der Waals surface area contributed by atoms with Crippen molar-refractivity contribution in [1.82, 2.24) is 0 Å². The third-order valence-electron chi connectivity index (χ3n) is 3.35. The molecule has 0 N–H and O–H groups in total. The van der Waals surface area contributed by atoms with Gasteiger partial charge in [0.1, 0.15) is 12.0 Å². The summed E-state index contributed by atoms with van der Waals surface area (Å²) in [6.45, 7) is 5.02. The largest absolute Gasteiger partial charge is 0.463 e. The van der Waals surface area contributed by atoms with Gasteiger partial charge in [-0.25, -0.2) is 4.79 Å². The molecule has 1 aromatic carbocycles. The molecule has 0 saturated carbocycles. The van der Waals surface area contributed by atoms with Crippen LogP contribution in [-0.4, -0.2) is 24.8 Å². The molecule has 0 amide bonds. The summed E-state index contributed by atoms with van der Waals surface area (Å²) < 4.78 is 10.1. The fraction of sp³-hybridized carbons (Fsp3) is 0.389. The molecule has 1 aromatic rings. The van der Waals surface area contributed by atoms with Crippen molar-refractivity contribution in [3.63, 3.8) is 0 Å². The van der Waals surface area contributed by atoms with Crippen LogP contribution in [-0.2, 0) is 23.9 Å². The summed E-state index contributed by atoms with van der Waals surface area (Å²) in [5.41, 5.74) is 0.795. The van der Waals surface area contributed by atoms with Gasteiger partial charge < -0.3 is 14.3 Å². The lowest BCUT2D eigenvalue weighted by Gasteiger charge is -2.24. The van der Waals surface area contributed by atoms with Crippen LogP contribution in [0, 0.1) is 5.92 Å². The van der Waals surface area contributed by atoms with E-state index in [9.17, 15) is 14.4 Å². The summed E-state index contributed by atoms with van der Waals surface area (Å²) in [4.78, 5) is 34.7. The molecule has 5 nitrogen and oxygen atoms in total. The Morgan fingerprint density at radius 2 is 1.83 bits per heavy atom. The van der Waals surface area contributed by atoms with E-state index in [0.717, 1.165) is 17.9 Å². The monoisotopic (exact) mass is 318 g/mol. The van der Waals surface area contributed by atoms with Gasteiger partial charge in [-0.2, -0.15) is 0 Å². The number of rotatable bonds is 8. The van der Waals surface area contributed by atoms with Gasteiger partial charge in [0.2, 0.25) is 0 Å². The molecular formula is C18H22O5. The molecule has 0 radical (unpaired) electrons. The van der Waals surface area contributed by atoms with Crippen LogP contribution in [0.15, 0.2) is 42.2 Å².